The van der Waals surface area contributed by atoms with Crippen LogP contribution in [-0.4, -0.2) is 83.7 Å². The van der Waals surface area contributed by atoms with Crippen LogP contribution >= 0.6 is 0 Å². The molecule has 0 radical (unpaired) electrons. The van der Waals surface area contributed by atoms with Crippen molar-refractivity contribution in [3.05, 3.63) is 35.3 Å². The van der Waals surface area contributed by atoms with Gasteiger partial charge in [-0.15, -0.1) is 0 Å². The third-order valence-electron chi connectivity index (χ3n) is 7.91. The standard InChI is InChI=1S/C27H36FN5O4/c1-17(29-2)25(35)30-23(18-7-5-4-6-8-18)26(36)32-11-13-33(14-12-32)27(37)24-21(16-34)20-15-19(28)9-10-22(20)31(24)3/h9-10,15-18,23,29H,4-8,11-14H2,1-3H3,(H,30,35). The number of piperazine rings is 1. The van der Waals surface area contributed by atoms with Crippen molar-refractivity contribution in [1.82, 2.24) is 25.0 Å². The smallest absolute Gasteiger partial charge is 0.271 e. The van der Waals surface area contributed by atoms with Gasteiger partial charge in [0.2, 0.25) is 11.8 Å². The summed E-state index contributed by atoms with van der Waals surface area (Å²) in [5.74, 6) is -1.01. The van der Waals surface area contributed by atoms with Crippen molar-refractivity contribution in [3.63, 3.8) is 0 Å². The fourth-order valence-corrected chi connectivity index (χ4v) is 5.56. The van der Waals surface area contributed by atoms with Crippen LogP contribution in [0, 0.1) is 11.7 Å². The second-order valence-electron chi connectivity index (χ2n) is 10.1. The molecule has 2 atom stereocenters. The lowest BCUT2D eigenvalue weighted by Gasteiger charge is -2.39. The summed E-state index contributed by atoms with van der Waals surface area (Å²) in [5, 5.41) is 6.31. The van der Waals surface area contributed by atoms with E-state index >= 15 is 0 Å². The average molecular weight is 514 g/mol. The van der Waals surface area contributed by atoms with Crippen molar-refractivity contribution < 1.29 is 23.6 Å². The van der Waals surface area contributed by atoms with Crippen molar-refractivity contribution >= 4 is 34.9 Å². The molecule has 4 rings (SSSR count). The first-order valence-electron chi connectivity index (χ1n) is 13.1. The molecular formula is C27H36FN5O4. The molecule has 2 N–H and O–H groups in total. The lowest BCUT2D eigenvalue weighted by atomic mass is 9.83. The zero-order valence-electron chi connectivity index (χ0n) is 21.8. The van der Waals surface area contributed by atoms with Gasteiger partial charge in [0.1, 0.15) is 17.6 Å². The average Bonchev–Trinajstić information content (AvgIpc) is 3.21. The van der Waals surface area contributed by atoms with E-state index in [1.54, 1.807) is 41.5 Å². The summed E-state index contributed by atoms with van der Waals surface area (Å²) in [6, 6.07) is 3.13. The number of aldehydes is 1. The number of amides is 3. The Balaban J connectivity index is 1.48. The third-order valence-corrected chi connectivity index (χ3v) is 7.91. The molecule has 0 spiro atoms. The minimum absolute atomic E-state index is 0.0975. The first-order chi connectivity index (χ1) is 17.8. The third kappa shape index (κ3) is 5.39. The van der Waals surface area contributed by atoms with E-state index in [1.165, 1.54) is 12.1 Å². The molecule has 9 nitrogen and oxygen atoms in total. The lowest BCUT2D eigenvalue weighted by molar-refractivity contribution is -0.140. The summed E-state index contributed by atoms with van der Waals surface area (Å²) in [6.45, 7) is 3.03. The van der Waals surface area contributed by atoms with Crippen LogP contribution in [0.25, 0.3) is 10.9 Å². The second-order valence-corrected chi connectivity index (χ2v) is 10.1. The number of halogens is 1. The summed E-state index contributed by atoms with van der Waals surface area (Å²) in [7, 11) is 3.39. The molecule has 1 aliphatic heterocycles. The Morgan fingerprint density at radius 1 is 1.05 bits per heavy atom. The van der Waals surface area contributed by atoms with E-state index in [1.807, 2.05) is 0 Å². The zero-order valence-corrected chi connectivity index (χ0v) is 21.8. The molecule has 1 saturated carbocycles. The maximum Gasteiger partial charge on any atom is 0.271 e. The van der Waals surface area contributed by atoms with Gasteiger partial charge in [-0.25, -0.2) is 4.39 Å². The highest BCUT2D eigenvalue weighted by molar-refractivity contribution is 6.10. The molecule has 2 aliphatic rings. The highest BCUT2D eigenvalue weighted by Crippen LogP contribution is 2.29. The predicted octanol–water partition coefficient (Wildman–Crippen LogP) is 2.09. The Morgan fingerprint density at radius 2 is 1.70 bits per heavy atom. The van der Waals surface area contributed by atoms with Crippen LogP contribution in [0.15, 0.2) is 18.2 Å². The number of nitrogens with one attached hydrogen (secondary N) is 2. The zero-order chi connectivity index (χ0) is 26.7. The molecule has 2 heterocycles. The van der Waals surface area contributed by atoms with E-state index in [0.29, 0.717) is 43.4 Å². The van der Waals surface area contributed by atoms with E-state index in [4.69, 9.17) is 0 Å². The summed E-state index contributed by atoms with van der Waals surface area (Å²) < 4.78 is 15.4. The topological polar surface area (TPSA) is 104 Å². The highest BCUT2D eigenvalue weighted by Gasteiger charge is 2.36. The molecule has 0 bridgehead atoms. The fourth-order valence-electron chi connectivity index (χ4n) is 5.56. The van der Waals surface area contributed by atoms with Crippen molar-refractivity contribution in [1.29, 1.82) is 0 Å². The Morgan fingerprint density at radius 3 is 2.32 bits per heavy atom. The Labute approximate surface area is 216 Å². The molecule has 1 aromatic carbocycles. The number of aryl methyl sites for hydroxylation is 1. The molecule has 2 unspecified atom stereocenters. The number of carbonyl (C=O) groups excluding carboxylic acids is 4. The van der Waals surface area contributed by atoms with E-state index in [-0.39, 0.29) is 34.9 Å². The Bertz CT molecular complexity index is 1180. The lowest BCUT2D eigenvalue weighted by Crippen LogP contribution is -2.59. The summed E-state index contributed by atoms with van der Waals surface area (Å²) in [4.78, 5) is 54.9. The Hall–Kier alpha value is -3.27. The molecule has 200 valence electrons. The van der Waals surface area contributed by atoms with Crippen LogP contribution in [0.4, 0.5) is 4.39 Å². The number of likely N-dealkylation sites (N-methyl/N-ethyl adjacent to an activating group) is 1. The largest absolute Gasteiger partial charge is 0.343 e. The first kappa shape index (κ1) is 26.8. The maximum absolute atomic E-state index is 13.8. The van der Waals surface area contributed by atoms with Crippen LogP contribution < -0.4 is 10.6 Å². The van der Waals surface area contributed by atoms with E-state index in [2.05, 4.69) is 10.6 Å². The molecule has 10 heteroatoms. The van der Waals surface area contributed by atoms with Crippen molar-refractivity contribution in [3.8, 4) is 0 Å². The number of aromatic nitrogens is 1. The van der Waals surface area contributed by atoms with Gasteiger partial charge in [0.15, 0.2) is 6.29 Å². The number of rotatable bonds is 7. The quantitative estimate of drug-likeness (QED) is 0.552. The SMILES string of the molecule is CNC(C)C(=O)NC(C(=O)N1CCN(C(=O)c2c(C=O)c3cc(F)ccc3n2C)CC1)C1CCCCC1. The summed E-state index contributed by atoms with van der Waals surface area (Å²) in [5.41, 5.74) is 0.977. The van der Waals surface area contributed by atoms with Crippen LogP contribution in [0.2, 0.25) is 0 Å². The highest BCUT2D eigenvalue weighted by atomic mass is 19.1. The van der Waals surface area contributed by atoms with Gasteiger partial charge in [0, 0.05) is 44.1 Å². The van der Waals surface area contributed by atoms with Gasteiger partial charge in [-0.05, 0) is 50.9 Å². The second kappa shape index (κ2) is 11.4. The molecule has 1 saturated heterocycles. The van der Waals surface area contributed by atoms with Gasteiger partial charge in [0.05, 0.1) is 11.6 Å². The van der Waals surface area contributed by atoms with E-state index in [9.17, 15) is 23.6 Å². The minimum Gasteiger partial charge on any atom is -0.343 e. The van der Waals surface area contributed by atoms with Gasteiger partial charge in [-0.1, -0.05) is 19.3 Å². The maximum atomic E-state index is 13.8. The molecule has 37 heavy (non-hydrogen) atoms. The summed E-state index contributed by atoms with van der Waals surface area (Å²) in [6.07, 6.45) is 5.63. The number of benzene rings is 1. The molecular weight excluding hydrogens is 477 g/mol. The van der Waals surface area contributed by atoms with Crippen LogP contribution in [-0.2, 0) is 16.6 Å². The number of fused-ring (bicyclic) bond motifs is 1. The normalized spacial score (nSPS) is 18.5. The number of hydrogen-bond donors (Lipinski definition) is 2. The molecule has 1 aromatic heterocycles. The first-order valence-corrected chi connectivity index (χ1v) is 13.1. The number of carbonyl (C=O) groups is 4. The van der Waals surface area contributed by atoms with E-state index < -0.39 is 17.9 Å². The Kier molecular flexibility index (Phi) is 8.26. The predicted molar refractivity (Wildman–Crippen MR) is 138 cm³/mol. The van der Waals surface area contributed by atoms with Gasteiger partial charge < -0.3 is 25.0 Å². The number of nitrogens with zero attached hydrogens (tertiary/aromatic N) is 3. The summed E-state index contributed by atoms with van der Waals surface area (Å²) >= 11 is 0. The van der Waals surface area contributed by atoms with Crippen molar-refractivity contribution in [2.75, 3.05) is 33.2 Å². The van der Waals surface area contributed by atoms with Crippen LogP contribution in [0.1, 0.15) is 59.9 Å². The molecule has 1 aliphatic carbocycles. The minimum atomic E-state index is -0.583. The van der Waals surface area contributed by atoms with Gasteiger partial charge >= 0.3 is 0 Å². The van der Waals surface area contributed by atoms with Crippen molar-refractivity contribution in [2.24, 2.45) is 13.0 Å². The van der Waals surface area contributed by atoms with E-state index in [0.717, 1.165) is 32.1 Å². The fraction of sp³-hybridized carbons (Fsp3) is 0.556. The van der Waals surface area contributed by atoms with Crippen LogP contribution in [0.5, 0.6) is 0 Å². The van der Waals surface area contributed by atoms with Crippen LogP contribution in [0.3, 0.4) is 0 Å². The van der Waals surface area contributed by atoms with Gasteiger partial charge in [0.25, 0.3) is 5.91 Å². The molecule has 2 fully saturated rings. The molecule has 3 amide bonds. The number of hydrogen-bond acceptors (Lipinski definition) is 5. The monoisotopic (exact) mass is 513 g/mol. The van der Waals surface area contributed by atoms with Gasteiger partial charge in [-0.3, -0.25) is 19.2 Å². The van der Waals surface area contributed by atoms with Crippen molar-refractivity contribution in [2.45, 2.75) is 51.1 Å². The molecule has 2 aromatic rings. The van der Waals surface area contributed by atoms with Gasteiger partial charge in [-0.2, -0.15) is 0 Å².